The molecule has 2 amide bonds. The number of hydrogen-bond donors (Lipinski definition) is 2. The molecule has 2 aromatic rings. The number of allylic oxidation sites excluding steroid dienone is 1. The maximum atomic E-state index is 16.7. The van der Waals surface area contributed by atoms with Crippen molar-refractivity contribution in [3.63, 3.8) is 0 Å². The lowest BCUT2D eigenvalue weighted by Crippen LogP contribution is -2.51. The number of likely N-dealkylation sites (N-methyl/N-ethyl adjacent to an activating group) is 1. The highest BCUT2D eigenvalue weighted by molar-refractivity contribution is 7.90. The number of halogens is 2. The van der Waals surface area contributed by atoms with Gasteiger partial charge in [0.25, 0.3) is 5.91 Å². The number of carbonyl (C=O) groups excluding carboxylic acids is 2. The Kier molecular flexibility index (Phi) is 11.9. The summed E-state index contributed by atoms with van der Waals surface area (Å²) in [5.41, 5.74) is 8.63. The third kappa shape index (κ3) is 8.30. The Balaban J connectivity index is 1.38. The summed E-state index contributed by atoms with van der Waals surface area (Å²) in [5, 5.41) is -0.361. The molecule has 13 heteroatoms. The van der Waals surface area contributed by atoms with Gasteiger partial charge in [0.15, 0.2) is 0 Å². The van der Waals surface area contributed by atoms with Gasteiger partial charge in [-0.15, -0.1) is 0 Å². The number of ether oxygens (including phenoxy) is 2. The van der Waals surface area contributed by atoms with Crippen molar-refractivity contribution in [2.75, 3.05) is 45.7 Å². The van der Waals surface area contributed by atoms with Gasteiger partial charge in [0.1, 0.15) is 17.6 Å². The molecule has 0 aromatic heterocycles. The maximum Gasteiger partial charge on any atom is 0.264 e. The van der Waals surface area contributed by atoms with Crippen LogP contribution in [0, 0.1) is 11.8 Å². The monoisotopic (exact) mass is 758 g/mol. The van der Waals surface area contributed by atoms with Crippen LogP contribution in [0.4, 0.5) is 10.1 Å². The minimum absolute atomic E-state index is 0.0615. The Morgan fingerprint density at radius 2 is 1.94 bits per heavy atom. The molecule has 6 atom stereocenters. The molecular weight excluding hydrogens is 707 g/mol. The molecule has 1 unspecified atom stereocenters. The summed E-state index contributed by atoms with van der Waals surface area (Å²) in [4.78, 5) is 31.1. The van der Waals surface area contributed by atoms with Crippen molar-refractivity contribution in [1.29, 1.82) is 0 Å². The molecule has 284 valence electrons. The Morgan fingerprint density at radius 3 is 2.69 bits per heavy atom. The second kappa shape index (κ2) is 16.0. The van der Waals surface area contributed by atoms with Crippen LogP contribution in [-0.4, -0.2) is 87.3 Å². The molecule has 1 spiro atoms. The Morgan fingerprint density at radius 1 is 1.13 bits per heavy atom. The SMILES string of the molecule is C[C@@H]1[C@@H](C)C/C=C(\F)[C@H](C(=O)N(C)CC2CCOC2)N2CCC[C@H]2CC[C@@]2(CCCc3cc(Cl)ccc32)COc2ccc(cc2N)C(=O)NS1(=O)=O. The summed E-state index contributed by atoms with van der Waals surface area (Å²) in [5.74, 6) is -1.69. The van der Waals surface area contributed by atoms with Gasteiger partial charge in [-0.05, 0) is 119 Å². The predicted octanol–water partition coefficient (Wildman–Crippen LogP) is 6.02. The highest BCUT2D eigenvalue weighted by Gasteiger charge is 2.43. The summed E-state index contributed by atoms with van der Waals surface area (Å²) in [6, 6.07) is 9.36. The van der Waals surface area contributed by atoms with E-state index in [2.05, 4.69) is 10.8 Å². The van der Waals surface area contributed by atoms with Crippen LogP contribution < -0.4 is 15.2 Å². The molecule has 3 N–H and O–H groups in total. The number of nitrogens with zero attached hydrogens (tertiary/aromatic N) is 2. The lowest BCUT2D eigenvalue weighted by Gasteiger charge is -2.41. The summed E-state index contributed by atoms with van der Waals surface area (Å²) in [6.07, 6.45) is 8.05. The molecule has 4 heterocycles. The van der Waals surface area contributed by atoms with E-state index in [1.165, 1.54) is 30.7 Å². The number of carbonyl (C=O) groups is 2. The van der Waals surface area contributed by atoms with Crippen molar-refractivity contribution in [1.82, 2.24) is 14.5 Å². The first kappa shape index (κ1) is 38.5. The average Bonchev–Trinajstić information content (AvgIpc) is 3.80. The highest BCUT2D eigenvalue weighted by atomic mass is 35.5. The van der Waals surface area contributed by atoms with Crippen molar-refractivity contribution >= 4 is 39.1 Å². The standard InChI is InChI=1S/C39H52ClFN4O6S/c1-25-8-12-33(41)36(38(47)44(3)22-27-15-19-50-23-27)45-18-5-7-31(45)14-17-39(16-4-6-28-20-30(40)10-11-32(28)39)24-51-35-13-9-29(21-34(35)42)37(46)43-52(48,49)26(25)2/h9-13,20-21,25-27,31,36H,4-8,14-19,22-24,42H2,1-3H3,(H,43,46)/b33-12-/t25-,26+,27?,31-,36+,39-/m0/s1. The summed E-state index contributed by atoms with van der Waals surface area (Å²) in [6.45, 7) is 5.74. The fraction of sp³-hybridized carbons (Fsp3) is 0.590. The van der Waals surface area contributed by atoms with E-state index in [4.69, 9.17) is 26.8 Å². The normalized spacial score (nSPS) is 31.1. The van der Waals surface area contributed by atoms with Crippen molar-refractivity contribution in [3.8, 4) is 5.75 Å². The first-order valence-electron chi connectivity index (χ1n) is 18.6. The van der Waals surface area contributed by atoms with E-state index in [0.29, 0.717) is 50.1 Å². The zero-order chi connectivity index (χ0) is 37.2. The van der Waals surface area contributed by atoms with E-state index >= 15 is 4.39 Å². The van der Waals surface area contributed by atoms with Crippen LogP contribution in [-0.2, 0) is 31.4 Å². The van der Waals surface area contributed by atoms with Crippen LogP contribution in [0.25, 0.3) is 0 Å². The number of anilines is 1. The van der Waals surface area contributed by atoms with Crippen molar-refractivity contribution in [2.24, 2.45) is 11.8 Å². The molecule has 0 radical (unpaired) electrons. The number of nitrogen functional groups attached to an aromatic ring is 1. The van der Waals surface area contributed by atoms with Crippen LogP contribution in [0.3, 0.4) is 0 Å². The summed E-state index contributed by atoms with van der Waals surface area (Å²) >= 11 is 6.46. The number of hydrogen-bond acceptors (Lipinski definition) is 8. The maximum absolute atomic E-state index is 16.7. The van der Waals surface area contributed by atoms with Gasteiger partial charge >= 0.3 is 0 Å². The van der Waals surface area contributed by atoms with Gasteiger partial charge in [-0.3, -0.25) is 14.5 Å². The third-order valence-corrected chi connectivity index (χ3v) is 14.0. The van der Waals surface area contributed by atoms with Gasteiger partial charge in [0.05, 0.1) is 24.2 Å². The quantitative estimate of drug-likeness (QED) is 0.364. The molecule has 1 aliphatic carbocycles. The fourth-order valence-electron chi connectivity index (χ4n) is 8.53. The molecule has 52 heavy (non-hydrogen) atoms. The van der Waals surface area contributed by atoms with Gasteiger partial charge in [-0.25, -0.2) is 17.5 Å². The molecule has 5 aliphatic rings. The van der Waals surface area contributed by atoms with E-state index in [-0.39, 0.29) is 35.5 Å². The largest absolute Gasteiger partial charge is 0.491 e. The van der Waals surface area contributed by atoms with Crippen LogP contribution in [0.15, 0.2) is 48.3 Å². The predicted molar refractivity (Wildman–Crippen MR) is 201 cm³/mol. The minimum Gasteiger partial charge on any atom is -0.491 e. The molecule has 4 aliphatic heterocycles. The van der Waals surface area contributed by atoms with E-state index in [1.807, 2.05) is 17.0 Å². The van der Waals surface area contributed by atoms with Crippen LogP contribution in [0.2, 0.25) is 5.02 Å². The zero-order valence-electron chi connectivity index (χ0n) is 30.4. The number of benzene rings is 2. The van der Waals surface area contributed by atoms with Gasteiger partial charge in [0, 0.05) is 48.2 Å². The number of nitrogens with one attached hydrogen (secondary N) is 1. The third-order valence-electron chi connectivity index (χ3n) is 11.9. The number of amides is 2. The molecule has 10 nitrogen and oxygen atoms in total. The molecular formula is C39H52ClFN4O6S. The summed E-state index contributed by atoms with van der Waals surface area (Å²) in [7, 11) is -2.42. The average molecular weight is 759 g/mol. The van der Waals surface area contributed by atoms with Gasteiger partial charge in [-0.2, -0.15) is 0 Å². The fourth-order valence-corrected chi connectivity index (χ4v) is 10.0. The van der Waals surface area contributed by atoms with Crippen LogP contribution in [0.1, 0.15) is 86.7 Å². The van der Waals surface area contributed by atoms with Gasteiger partial charge in [-0.1, -0.05) is 30.7 Å². The Bertz CT molecular complexity index is 1790. The molecule has 2 aromatic carbocycles. The number of nitrogens with two attached hydrogens (primary N) is 1. The molecule has 7 rings (SSSR count). The molecule has 2 saturated heterocycles. The van der Waals surface area contributed by atoms with E-state index in [9.17, 15) is 18.0 Å². The Labute approximate surface area is 312 Å². The minimum atomic E-state index is -4.15. The number of sulfonamides is 1. The van der Waals surface area contributed by atoms with Gasteiger partial charge in [0.2, 0.25) is 15.9 Å². The first-order valence-corrected chi connectivity index (χ1v) is 20.5. The van der Waals surface area contributed by atoms with Crippen molar-refractivity contribution in [2.45, 2.75) is 94.4 Å². The summed E-state index contributed by atoms with van der Waals surface area (Å²) < 4.78 is 57.6. The molecule has 2 fully saturated rings. The zero-order valence-corrected chi connectivity index (χ0v) is 32.0. The molecule has 2 bridgehead atoms. The van der Waals surface area contributed by atoms with Crippen molar-refractivity contribution in [3.05, 3.63) is 70.0 Å². The number of fused-ring (bicyclic) bond motifs is 12. The van der Waals surface area contributed by atoms with E-state index in [1.54, 1.807) is 24.9 Å². The first-order chi connectivity index (χ1) is 24.8. The number of rotatable bonds is 3. The van der Waals surface area contributed by atoms with E-state index in [0.717, 1.165) is 50.5 Å². The van der Waals surface area contributed by atoms with Gasteiger partial charge < -0.3 is 20.1 Å². The Hall–Kier alpha value is -3.19. The second-order valence-corrected chi connectivity index (χ2v) is 17.9. The highest BCUT2D eigenvalue weighted by Crippen LogP contribution is 2.44. The second-order valence-electron chi connectivity index (χ2n) is 15.4. The number of aryl methyl sites for hydroxylation is 1. The van der Waals surface area contributed by atoms with Crippen LogP contribution >= 0.6 is 11.6 Å². The van der Waals surface area contributed by atoms with Crippen molar-refractivity contribution < 1.29 is 31.9 Å². The molecule has 0 saturated carbocycles. The smallest absolute Gasteiger partial charge is 0.264 e. The van der Waals surface area contributed by atoms with Crippen LogP contribution in [0.5, 0.6) is 5.75 Å². The lowest BCUT2D eigenvalue weighted by atomic mass is 9.67. The topological polar surface area (TPSA) is 131 Å². The lowest BCUT2D eigenvalue weighted by molar-refractivity contribution is -0.136. The van der Waals surface area contributed by atoms with E-state index < -0.39 is 44.4 Å².